The number of nitrogens with zero attached hydrogens (tertiary/aromatic N) is 3. The maximum absolute atomic E-state index is 10.6. The van der Waals surface area contributed by atoms with Crippen molar-refractivity contribution in [1.82, 2.24) is 19.7 Å². The molecule has 0 spiro atoms. The minimum atomic E-state index is -3.59. The number of aromatic nitrogens is 3. The first kappa shape index (κ1) is 21.1. The lowest BCUT2D eigenvalue weighted by molar-refractivity contribution is 0.0696. The molecule has 28 heavy (non-hydrogen) atoms. The molecule has 146 valence electrons. The number of benzene rings is 1. The molecule has 2 heterocycles. The van der Waals surface area contributed by atoms with Crippen LogP contribution in [0.5, 0.6) is 0 Å². The van der Waals surface area contributed by atoms with Gasteiger partial charge in [-0.25, -0.2) is 19.9 Å². The zero-order valence-electron chi connectivity index (χ0n) is 15.0. The van der Waals surface area contributed by atoms with Gasteiger partial charge >= 0.3 is 5.97 Å². The third-order valence-electron chi connectivity index (χ3n) is 3.38. The van der Waals surface area contributed by atoms with Gasteiger partial charge in [-0.3, -0.25) is 4.98 Å². The van der Waals surface area contributed by atoms with E-state index in [4.69, 9.17) is 10.2 Å². The summed E-state index contributed by atoms with van der Waals surface area (Å²) < 4.78 is 23.3. The van der Waals surface area contributed by atoms with Crippen molar-refractivity contribution in [2.75, 3.05) is 0 Å². The molecule has 3 aromatic rings. The van der Waals surface area contributed by atoms with Crippen LogP contribution in [0.4, 0.5) is 0 Å². The third kappa shape index (κ3) is 7.19. The monoisotopic (exact) mass is 401 g/mol. The molecule has 0 aliphatic heterocycles. The number of nitrogens with one attached hydrogen (secondary N) is 1. The molecule has 3 rings (SSSR count). The van der Waals surface area contributed by atoms with Crippen LogP contribution in [0.2, 0.25) is 0 Å². The molecule has 0 unspecified atom stereocenters. The average molecular weight is 401 g/mol. The molecule has 0 bridgehead atoms. The maximum Gasteiger partial charge on any atom is 0.338 e. The van der Waals surface area contributed by atoms with Gasteiger partial charge in [0.05, 0.1) is 5.56 Å². The van der Waals surface area contributed by atoms with Gasteiger partial charge in [0.1, 0.15) is 0 Å². The van der Waals surface area contributed by atoms with Crippen LogP contribution in [-0.2, 0) is 16.8 Å². The van der Waals surface area contributed by atoms with Crippen LogP contribution < -0.4 is 9.86 Å². The van der Waals surface area contributed by atoms with Crippen LogP contribution in [0.1, 0.15) is 21.5 Å². The Hall–Kier alpha value is -3.21. The molecule has 1 aromatic carbocycles. The van der Waals surface area contributed by atoms with Crippen molar-refractivity contribution in [1.29, 1.82) is 0 Å². The highest BCUT2D eigenvalue weighted by Gasteiger charge is 2.05. The van der Waals surface area contributed by atoms with Crippen LogP contribution >= 0.6 is 0 Å². The molecule has 0 aliphatic carbocycles. The van der Waals surface area contributed by atoms with E-state index in [1.807, 2.05) is 37.3 Å². The summed E-state index contributed by atoms with van der Waals surface area (Å²) >= 11 is 0. The molecule has 0 aliphatic rings. The number of carboxylic acid groups (broad SMARTS) is 1. The van der Waals surface area contributed by atoms with Gasteiger partial charge in [0, 0.05) is 36.9 Å². The lowest BCUT2D eigenvalue weighted by atomic mass is 10.1. The van der Waals surface area contributed by atoms with Gasteiger partial charge in [0.2, 0.25) is 0 Å². The Morgan fingerprint density at radius 1 is 1.14 bits per heavy atom. The van der Waals surface area contributed by atoms with E-state index in [0.29, 0.717) is 5.82 Å². The first-order valence-corrected chi connectivity index (χ1v) is 9.58. The van der Waals surface area contributed by atoms with Gasteiger partial charge in [0.25, 0.3) is 10.2 Å². The smallest absolute Gasteiger partial charge is 0.338 e. The molecule has 0 radical (unpaired) electrons. The molecule has 9 nitrogen and oxygen atoms in total. The predicted octanol–water partition coefficient (Wildman–Crippen LogP) is 1.52. The number of aromatic carboxylic acids is 1. The normalized spacial score (nSPS) is 10.6. The van der Waals surface area contributed by atoms with Crippen molar-refractivity contribution < 1.29 is 18.3 Å². The number of hydrogen-bond acceptors (Lipinski definition) is 6. The lowest BCUT2D eigenvalue weighted by Crippen LogP contribution is -2.30. The van der Waals surface area contributed by atoms with Crippen LogP contribution in [0.3, 0.4) is 0 Å². The molecule has 2 aromatic heterocycles. The largest absolute Gasteiger partial charge is 0.478 e. The number of rotatable bonds is 5. The molecule has 0 saturated carbocycles. The topological polar surface area (TPSA) is 148 Å². The third-order valence-corrected chi connectivity index (χ3v) is 3.93. The lowest BCUT2D eigenvalue weighted by Gasteiger charge is -2.02. The summed E-state index contributed by atoms with van der Waals surface area (Å²) in [5.41, 5.74) is 2.82. The first-order valence-electron chi connectivity index (χ1n) is 8.03. The van der Waals surface area contributed by atoms with E-state index < -0.39 is 16.2 Å². The molecular weight excluding hydrogens is 382 g/mol. The zero-order chi connectivity index (χ0) is 20.6. The number of hydrogen-bond donors (Lipinski definition) is 3. The van der Waals surface area contributed by atoms with E-state index in [9.17, 15) is 13.2 Å². The highest BCUT2D eigenvalue weighted by atomic mass is 32.2. The summed E-state index contributed by atoms with van der Waals surface area (Å²) in [5.74, 6) is -0.569. The number of pyridine rings is 1. The average Bonchev–Trinajstić information content (AvgIpc) is 2.67. The van der Waals surface area contributed by atoms with Gasteiger partial charge in [-0.15, -0.1) is 0 Å². The van der Waals surface area contributed by atoms with Crippen molar-refractivity contribution >= 4 is 16.2 Å². The standard InChI is InChI=1S/C10H7N3O2.C8H12N2O2S/c14-10(15)8-5-12-9(13-6-8)7-2-1-3-11-4-7;1-7-3-2-4-8(5-7)6-10-13(9,11)12/h1-6H,(H,14,15);2-5,10H,6H2,1H3,(H2,9,11,12). The van der Waals surface area contributed by atoms with E-state index in [2.05, 4.69) is 19.7 Å². The van der Waals surface area contributed by atoms with Crippen molar-refractivity contribution in [3.8, 4) is 11.4 Å². The second-order valence-electron chi connectivity index (χ2n) is 5.70. The summed E-state index contributed by atoms with van der Waals surface area (Å²) in [5, 5.41) is 13.4. The van der Waals surface area contributed by atoms with Crippen molar-refractivity contribution in [3.63, 3.8) is 0 Å². The number of carboxylic acids is 1. The Balaban J connectivity index is 0.000000203. The molecular formula is C18H19N5O4S. The number of aryl methyl sites for hydroxylation is 1. The Bertz CT molecular complexity index is 1030. The fourth-order valence-corrected chi connectivity index (χ4v) is 2.46. The van der Waals surface area contributed by atoms with Crippen molar-refractivity contribution in [2.24, 2.45) is 5.14 Å². The van der Waals surface area contributed by atoms with Gasteiger partial charge in [0.15, 0.2) is 5.82 Å². The summed E-state index contributed by atoms with van der Waals surface area (Å²) in [4.78, 5) is 22.4. The Morgan fingerprint density at radius 3 is 2.39 bits per heavy atom. The van der Waals surface area contributed by atoms with E-state index in [0.717, 1.165) is 16.7 Å². The summed E-state index contributed by atoms with van der Waals surface area (Å²) in [7, 11) is -3.59. The Morgan fingerprint density at radius 2 is 1.86 bits per heavy atom. The molecule has 4 N–H and O–H groups in total. The zero-order valence-corrected chi connectivity index (χ0v) is 15.8. The molecule has 0 amide bonds. The molecule has 10 heteroatoms. The summed E-state index contributed by atoms with van der Waals surface area (Å²) in [6.45, 7) is 2.18. The predicted molar refractivity (Wildman–Crippen MR) is 103 cm³/mol. The SMILES string of the molecule is Cc1cccc(CNS(N)(=O)=O)c1.O=C(O)c1cnc(-c2cccnc2)nc1. The van der Waals surface area contributed by atoms with Crippen molar-refractivity contribution in [2.45, 2.75) is 13.5 Å². The second-order valence-corrected chi connectivity index (χ2v) is 7.08. The minimum Gasteiger partial charge on any atom is -0.478 e. The minimum absolute atomic E-state index is 0.0719. The summed E-state index contributed by atoms with van der Waals surface area (Å²) in [6.07, 6.45) is 5.82. The molecule has 0 saturated heterocycles. The van der Waals surface area contributed by atoms with Gasteiger partial charge in [-0.05, 0) is 24.6 Å². The quantitative estimate of drug-likeness (QED) is 0.587. The van der Waals surface area contributed by atoms with Crippen LogP contribution in [-0.4, -0.2) is 34.4 Å². The van der Waals surface area contributed by atoms with Gasteiger partial charge < -0.3 is 5.11 Å². The van der Waals surface area contributed by atoms with E-state index in [1.54, 1.807) is 18.5 Å². The maximum atomic E-state index is 10.6. The fraction of sp³-hybridized carbons (Fsp3) is 0.111. The van der Waals surface area contributed by atoms with E-state index in [-0.39, 0.29) is 12.1 Å². The van der Waals surface area contributed by atoms with Gasteiger partial charge in [-0.2, -0.15) is 13.1 Å². The molecule has 0 fully saturated rings. The Kier molecular flexibility index (Phi) is 7.27. The van der Waals surface area contributed by atoms with Crippen LogP contribution in [0, 0.1) is 6.92 Å². The highest BCUT2D eigenvalue weighted by Crippen LogP contribution is 2.11. The van der Waals surface area contributed by atoms with Crippen molar-refractivity contribution in [3.05, 3.63) is 77.9 Å². The number of nitrogens with two attached hydrogens (primary N) is 1. The number of carbonyl (C=O) groups is 1. The second kappa shape index (κ2) is 9.65. The van der Waals surface area contributed by atoms with E-state index in [1.165, 1.54) is 12.4 Å². The first-order chi connectivity index (χ1) is 13.2. The molecule has 0 atom stereocenters. The fourth-order valence-electron chi connectivity index (χ4n) is 2.09. The van der Waals surface area contributed by atoms with E-state index >= 15 is 0 Å². The summed E-state index contributed by atoms with van der Waals surface area (Å²) in [6, 6.07) is 11.1. The van der Waals surface area contributed by atoms with Crippen LogP contribution in [0.15, 0.2) is 61.2 Å². The van der Waals surface area contributed by atoms with Gasteiger partial charge in [-0.1, -0.05) is 29.8 Å². The highest BCUT2D eigenvalue weighted by molar-refractivity contribution is 7.87. The Labute approximate surface area is 162 Å². The van der Waals surface area contributed by atoms with Crippen LogP contribution in [0.25, 0.3) is 11.4 Å².